The second-order valence-electron chi connectivity index (χ2n) is 3.70. The summed E-state index contributed by atoms with van der Waals surface area (Å²) in [5, 5.41) is 4.38. The molecule has 19 heavy (non-hydrogen) atoms. The Kier molecular flexibility index (Phi) is 4.44. The van der Waals surface area contributed by atoms with E-state index in [4.69, 9.17) is 4.74 Å². The van der Waals surface area contributed by atoms with Crippen LogP contribution in [-0.2, 0) is 0 Å². The van der Waals surface area contributed by atoms with Crippen LogP contribution in [0.3, 0.4) is 0 Å². The highest BCUT2D eigenvalue weighted by molar-refractivity contribution is 7.80. The highest BCUT2D eigenvalue weighted by Gasteiger charge is 2.10. The van der Waals surface area contributed by atoms with E-state index >= 15 is 0 Å². The van der Waals surface area contributed by atoms with Gasteiger partial charge in [-0.2, -0.15) is 0 Å². The Morgan fingerprint density at radius 1 is 1.47 bits per heavy atom. The van der Waals surface area contributed by atoms with Crippen LogP contribution in [0.25, 0.3) is 0 Å². The maximum Gasteiger partial charge on any atom is 0.265 e. The van der Waals surface area contributed by atoms with Crippen molar-refractivity contribution in [2.45, 2.75) is 11.8 Å². The minimum atomic E-state index is -0.499. The molecule has 1 aromatic heterocycles. The van der Waals surface area contributed by atoms with Gasteiger partial charge >= 0.3 is 0 Å². The summed E-state index contributed by atoms with van der Waals surface area (Å²) in [6, 6.07) is 5.99. The molecule has 0 aliphatic heterocycles. The summed E-state index contributed by atoms with van der Waals surface area (Å²) in [5.74, 6) is -0.608. The molecule has 1 heterocycles. The van der Waals surface area contributed by atoms with Gasteiger partial charge in [-0.3, -0.25) is 4.79 Å². The van der Waals surface area contributed by atoms with Crippen molar-refractivity contribution in [1.82, 2.24) is 0 Å². The number of thiophene rings is 1. The number of carbonyl (C=O) groups excluding carboxylic acids is 1. The van der Waals surface area contributed by atoms with Gasteiger partial charge in [0.2, 0.25) is 0 Å². The monoisotopic (exact) mass is 297 g/mol. The lowest BCUT2D eigenvalue weighted by Gasteiger charge is -2.07. The average Bonchev–Trinajstić information content (AvgIpc) is 2.80. The van der Waals surface area contributed by atoms with E-state index < -0.39 is 5.82 Å². The van der Waals surface area contributed by atoms with Gasteiger partial charge in [-0.15, -0.1) is 24.0 Å². The van der Waals surface area contributed by atoms with Gasteiger partial charge in [0.25, 0.3) is 5.91 Å². The summed E-state index contributed by atoms with van der Waals surface area (Å²) < 4.78 is 18.7. The molecule has 0 aliphatic rings. The standard InChI is InChI=1S/C13H12FNO2S2/c1-2-17-11-4-3-8(5-10(11)14)15-13(16)12-6-9(18)7-19-12/h3-7,18H,2H2,1H3,(H,15,16). The number of hydrogen-bond donors (Lipinski definition) is 2. The molecule has 0 spiro atoms. The maximum absolute atomic E-state index is 13.6. The fourth-order valence-electron chi connectivity index (χ4n) is 1.49. The Balaban J connectivity index is 2.11. The lowest BCUT2D eigenvalue weighted by atomic mass is 10.3. The Morgan fingerprint density at radius 3 is 2.84 bits per heavy atom. The van der Waals surface area contributed by atoms with Crippen LogP contribution in [0.4, 0.5) is 10.1 Å². The fourth-order valence-corrected chi connectivity index (χ4v) is 2.53. The zero-order valence-corrected chi connectivity index (χ0v) is 11.9. The SMILES string of the molecule is CCOc1ccc(NC(=O)c2cc(S)cs2)cc1F. The summed E-state index contributed by atoms with van der Waals surface area (Å²) in [6.45, 7) is 2.17. The van der Waals surface area contributed by atoms with E-state index in [0.717, 1.165) is 4.90 Å². The number of benzene rings is 1. The van der Waals surface area contributed by atoms with Crippen LogP contribution in [0.2, 0.25) is 0 Å². The van der Waals surface area contributed by atoms with Crippen molar-refractivity contribution in [1.29, 1.82) is 0 Å². The van der Waals surface area contributed by atoms with Crippen LogP contribution >= 0.6 is 24.0 Å². The number of rotatable bonds is 4. The van der Waals surface area contributed by atoms with Crippen LogP contribution < -0.4 is 10.1 Å². The van der Waals surface area contributed by atoms with E-state index in [-0.39, 0.29) is 11.7 Å². The van der Waals surface area contributed by atoms with Gasteiger partial charge in [0, 0.05) is 22.0 Å². The summed E-state index contributed by atoms with van der Waals surface area (Å²) >= 11 is 5.42. The number of nitrogens with one attached hydrogen (secondary N) is 1. The van der Waals surface area contributed by atoms with Crippen LogP contribution in [0.5, 0.6) is 5.75 Å². The molecule has 0 aliphatic carbocycles. The molecule has 0 unspecified atom stereocenters. The molecule has 1 N–H and O–H groups in total. The third kappa shape index (κ3) is 3.48. The number of thiol groups is 1. The van der Waals surface area contributed by atoms with Crippen LogP contribution in [-0.4, -0.2) is 12.5 Å². The first kappa shape index (κ1) is 13.9. The first-order chi connectivity index (χ1) is 9.10. The quantitative estimate of drug-likeness (QED) is 0.842. The molecule has 100 valence electrons. The number of hydrogen-bond acceptors (Lipinski definition) is 4. The van der Waals surface area contributed by atoms with Gasteiger partial charge in [0.05, 0.1) is 11.5 Å². The largest absolute Gasteiger partial charge is 0.491 e. The van der Waals surface area contributed by atoms with Crippen LogP contribution in [0.15, 0.2) is 34.5 Å². The second-order valence-corrected chi connectivity index (χ2v) is 5.13. The van der Waals surface area contributed by atoms with E-state index in [1.807, 2.05) is 0 Å². The van der Waals surface area contributed by atoms with Gasteiger partial charge in [0.1, 0.15) is 0 Å². The molecular formula is C13H12FNO2S2. The van der Waals surface area contributed by atoms with Gasteiger partial charge in [-0.25, -0.2) is 4.39 Å². The molecular weight excluding hydrogens is 285 g/mol. The lowest BCUT2D eigenvalue weighted by Crippen LogP contribution is -2.10. The third-order valence-corrected chi connectivity index (χ3v) is 3.66. The predicted octanol–water partition coefficient (Wildman–Crippen LogP) is 3.83. The van der Waals surface area contributed by atoms with Crippen molar-refractivity contribution < 1.29 is 13.9 Å². The highest BCUT2D eigenvalue weighted by Crippen LogP contribution is 2.23. The van der Waals surface area contributed by atoms with E-state index in [1.54, 1.807) is 24.4 Å². The molecule has 0 fully saturated rings. The maximum atomic E-state index is 13.6. The number of halogens is 1. The lowest BCUT2D eigenvalue weighted by molar-refractivity contribution is 0.103. The van der Waals surface area contributed by atoms with E-state index in [1.165, 1.54) is 23.5 Å². The average molecular weight is 297 g/mol. The summed E-state index contributed by atoms with van der Waals surface area (Å²) in [5.41, 5.74) is 0.389. The van der Waals surface area contributed by atoms with Crippen molar-refractivity contribution in [3.8, 4) is 5.75 Å². The Bertz CT molecular complexity index is 598. The minimum absolute atomic E-state index is 0.175. The predicted molar refractivity (Wildman–Crippen MR) is 77.1 cm³/mol. The normalized spacial score (nSPS) is 10.3. The molecule has 6 heteroatoms. The molecule has 0 atom stereocenters. The molecule has 0 radical (unpaired) electrons. The first-order valence-electron chi connectivity index (χ1n) is 5.61. The topological polar surface area (TPSA) is 38.3 Å². The molecule has 1 amide bonds. The van der Waals surface area contributed by atoms with E-state index in [0.29, 0.717) is 17.2 Å². The second kappa shape index (κ2) is 6.08. The Hall–Kier alpha value is -1.53. The zero-order chi connectivity index (χ0) is 13.8. The van der Waals surface area contributed by atoms with Gasteiger partial charge in [0.15, 0.2) is 11.6 Å². The van der Waals surface area contributed by atoms with Crippen molar-refractivity contribution >= 4 is 35.6 Å². The van der Waals surface area contributed by atoms with Crippen molar-refractivity contribution in [2.75, 3.05) is 11.9 Å². The summed E-state index contributed by atoms with van der Waals surface area (Å²) in [4.78, 5) is 13.1. The zero-order valence-electron chi connectivity index (χ0n) is 10.1. The van der Waals surface area contributed by atoms with Gasteiger partial charge in [-0.05, 0) is 25.1 Å². The van der Waals surface area contributed by atoms with Crippen molar-refractivity contribution in [3.63, 3.8) is 0 Å². The van der Waals surface area contributed by atoms with Gasteiger partial charge < -0.3 is 10.1 Å². The van der Waals surface area contributed by atoms with Gasteiger partial charge in [-0.1, -0.05) is 0 Å². The van der Waals surface area contributed by atoms with Crippen LogP contribution in [0, 0.1) is 5.82 Å². The highest BCUT2D eigenvalue weighted by atomic mass is 32.1. The summed E-state index contributed by atoms with van der Waals surface area (Å²) in [7, 11) is 0. The first-order valence-corrected chi connectivity index (χ1v) is 6.94. The number of amides is 1. The van der Waals surface area contributed by atoms with Crippen molar-refractivity contribution in [3.05, 3.63) is 40.3 Å². The van der Waals surface area contributed by atoms with Crippen molar-refractivity contribution in [2.24, 2.45) is 0 Å². The molecule has 0 saturated carbocycles. The third-order valence-electron chi connectivity index (χ3n) is 2.30. The number of ether oxygens (including phenoxy) is 1. The Morgan fingerprint density at radius 2 is 2.26 bits per heavy atom. The van der Waals surface area contributed by atoms with E-state index in [2.05, 4.69) is 17.9 Å². The minimum Gasteiger partial charge on any atom is -0.491 e. The summed E-state index contributed by atoms with van der Waals surface area (Å²) in [6.07, 6.45) is 0. The smallest absolute Gasteiger partial charge is 0.265 e. The van der Waals surface area contributed by atoms with Crippen LogP contribution in [0.1, 0.15) is 16.6 Å². The molecule has 0 saturated heterocycles. The Labute approximate surface area is 119 Å². The molecule has 2 aromatic rings. The number of anilines is 1. The molecule has 2 rings (SSSR count). The molecule has 0 bridgehead atoms. The van der Waals surface area contributed by atoms with E-state index in [9.17, 15) is 9.18 Å². The number of carbonyl (C=O) groups is 1. The molecule has 1 aromatic carbocycles. The fraction of sp³-hybridized carbons (Fsp3) is 0.154. The molecule has 3 nitrogen and oxygen atoms in total.